The van der Waals surface area contributed by atoms with Gasteiger partial charge in [-0.3, -0.25) is 4.90 Å². The van der Waals surface area contributed by atoms with Crippen molar-refractivity contribution in [3.8, 4) is 0 Å². The number of aromatic nitrogens is 2. The van der Waals surface area contributed by atoms with E-state index in [-0.39, 0.29) is 0 Å². The van der Waals surface area contributed by atoms with E-state index >= 15 is 0 Å². The number of nitrogens with zero attached hydrogens (tertiary/aromatic N) is 4. The van der Waals surface area contributed by atoms with Gasteiger partial charge in [-0.2, -0.15) is 4.98 Å². The van der Waals surface area contributed by atoms with Crippen LogP contribution in [0.25, 0.3) is 0 Å². The Labute approximate surface area is 102 Å². The molecule has 5 nitrogen and oxygen atoms in total. The van der Waals surface area contributed by atoms with Crippen LogP contribution >= 0.6 is 0 Å². The number of hydrogen-bond donors (Lipinski definition) is 1. The van der Waals surface area contributed by atoms with Gasteiger partial charge in [0.05, 0.1) is 0 Å². The van der Waals surface area contributed by atoms with Crippen molar-refractivity contribution in [3.63, 3.8) is 0 Å². The van der Waals surface area contributed by atoms with Crippen molar-refractivity contribution >= 4 is 11.8 Å². The Hall–Kier alpha value is -1.36. The molecule has 1 unspecified atom stereocenters. The topological polar surface area (TPSA) is 58.3 Å². The molecule has 92 valence electrons. The maximum atomic E-state index is 5.65. The lowest BCUT2D eigenvalue weighted by Gasteiger charge is -2.26. The van der Waals surface area contributed by atoms with Crippen LogP contribution in [-0.2, 0) is 0 Å². The van der Waals surface area contributed by atoms with Crippen molar-refractivity contribution in [1.29, 1.82) is 0 Å². The Morgan fingerprint density at radius 3 is 3.00 bits per heavy atom. The molecule has 0 amide bonds. The summed E-state index contributed by atoms with van der Waals surface area (Å²) in [6.45, 7) is 4.64. The van der Waals surface area contributed by atoms with Crippen molar-refractivity contribution in [2.75, 3.05) is 36.8 Å². The lowest BCUT2D eigenvalue weighted by Crippen LogP contribution is -2.37. The molecule has 0 radical (unpaired) electrons. The number of fused-ring (bicyclic) bond motifs is 1. The van der Waals surface area contributed by atoms with Crippen molar-refractivity contribution < 1.29 is 0 Å². The maximum absolute atomic E-state index is 5.65. The molecular weight excluding hydrogens is 214 g/mol. The Bertz CT molecular complexity index is 394. The highest BCUT2D eigenvalue weighted by Crippen LogP contribution is 2.23. The second kappa shape index (κ2) is 4.49. The lowest BCUT2D eigenvalue weighted by molar-refractivity contribution is 0.273. The summed E-state index contributed by atoms with van der Waals surface area (Å²) in [5.74, 6) is 1.35. The van der Waals surface area contributed by atoms with E-state index in [4.69, 9.17) is 5.73 Å². The fourth-order valence-electron chi connectivity index (χ4n) is 2.95. The summed E-state index contributed by atoms with van der Waals surface area (Å²) in [7, 11) is 0. The lowest BCUT2D eigenvalue weighted by atomic mass is 10.2. The smallest absolute Gasteiger partial charge is 0.221 e. The molecule has 0 aliphatic carbocycles. The molecule has 2 N–H and O–H groups in total. The third kappa shape index (κ3) is 2.20. The first-order valence-corrected chi connectivity index (χ1v) is 6.40. The summed E-state index contributed by atoms with van der Waals surface area (Å²) in [6, 6.07) is 2.66. The maximum Gasteiger partial charge on any atom is 0.221 e. The summed E-state index contributed by atoms with van der Waals surface area (Å²) in [5, 5.41) is 0. The average Bonchev–Trinajstić information content (AvgIpc) is 2.66. The number of nitrogen functional groups attached to an aromatic ring is 1. The molecule has 17 heavy (non-hydrogen) atoms. The van der Waals surface area contributed by atoms with E-state index in [0.717, 1.165) is 18.9 Å². The minimum absolute atomic E-state index is 0.370. The van der Waals surface area contributed by atoms with Gasteiger partial charge in [-0.1, -0.05) is 0 Å². The third-order valence-corrected chi connectivity index (χ3v) is 3.79. The fourth-order valence-corrected chi connectivity index (χ4v) is 2.95. The van der Waals surface area contributed by atoms with Crippen LogP contribution in [0.3, 0.4) is 0 Å². The molecular formula is C12H19N5. The second-order valence-electron chi connectivity index (χ2n) is 4.90. The zero-order chi connectivity index (χ0) is 11.7. The highest BCUT2D eigenvalue weighted by molar-refractivity contribution is 5.41. The van der Waals surface area contributed by atoms with E-state index in [9.17, 15) is 0 Å². The van der Waals surface area contributed by atoms with E-state index in [2.05, 4.69) is 19.8 Å². The Kier molecular flexibility index (Phi) is 2.84. The molecule has 3 heterocycles. The van der Waals surface area contributed by atoms with Crippen LogP contribution in [0.5, 0.6) is 0 Å². The van der Waals surface area contributed by atoms with Crippen molar-refractivity contribution in [2.45, 2.75) is 25.3 Å². The van der Waals surface area contributed by atoms with Crippen LogP contribution in [0.15, 0.2) is 12.3 Å². The monoisotopic (exact) mass is 233 g/mol. The number of rotatable bonds is 1. The van der Waals surface area contributed by atoms with Crippen molar-refractivity contribution in [1.82, 2.24) is 14.9 Å². The molecule has 2 saturated heterocycles. The first-order valence-electron chi connectivity index (χ1n) is 6.40. The molecule has 0 spiro atoms. The normalized spacial score (nSPS) is 25.6. The second-order valence-corrected chi connectivity index (χ2v) is 4.90. The molecule has 2 aliphatic heterocycles. The Morgan fingerprint density at radius 2 is 2.12 bits per heavy atom. The largest absolute Gasteiger partial charge is 0.368 e. The van der Waals surface area contributed by atoms with E-state index in [1.165, 1.54) is 32.4 Å². The Morgan fingerprint density at radius 1 is 1.24 bits per heavy atom. The van der Waals surface area contributed by atoms with Gasteiger partial charge in [-0.05, 0) is 31.9 Å². The van der Waals surface area contributed by atoms with Gasteiger partial charge >= 0.3 is 0 Å². The fraction of sp³-hybridized carbons (Fsp3) is 0.667. The van der Waals surface area contributed by atoms with Gasteiger partial charge in [0.25, 0.3) is 0 Å². The minimum atomic E-state index is 0.370. The number of nitrogens with two attached hydrogens (primary N) is 1. The summed E-state index contributed by atoms with van der Waals surface area (Å²) >= 11 is 0. The molecule has 2 fully saturated rings. The molecule has 0 bridgehead atoms. The summed E-state index contributed by atoms with van der Waals surface area (Å²) in [4.78, 5) is 13.3. The van der Waals surface area contributed by atoms with E-state index in [1.807, 2.05) is 6.07 Å². The average molecular weight is 233 g/mol. The van der Waals surface area contributed by atoms with Gasteiger partial charge in [0.15, 0.2) is 0 Å². The third-order valence-electron chi connectivity index (χ3n) is 3.79. The highest BCUT2D eigenvalue weighted by atomic mass is 15.3. The summed E-state index contributed by atoms with van der Waals surface area (Å²) < 4.78 is 0. The molecule has 3 rings (SSSR count). The first kappa shape index (κ1) is 10.8. The standard InChI is InChI=1S/C12H19N5/c13-12-14-5-4-11(15-12)17-8-2-7-16-6-1-3-10(16)9-17/h4-5,10H,1-3,6-9H2,(H2,13,14,15). The van der Waals surface area contributed by atoms with Crippen LogP contribution in [0, 0.1) is 0 Å². The zero-order valence-corrected chi connectivity index (χ0v) is 10.0. The van der Waals surface area contributed by atoms with Gasteiger partial charge in [-0.15, -0.1) is 0 Å². The quantitative estimate of drug-likeness (QED) is 0.775. The molecule has 1 aromatic rings. The van der Waals surface area contributed by atoms with Crippen LogP contribution < -0.4 is 10.6 Å². The van der Waals surface area contributed by atoms with Gasteiger partial charge in [0.2, 0.25) is 5.95 Å². The van der Waals surface area contributed by atoms with Gasteiger partial charge < -0.3 is 10.6 Å². The zero-order valence-electron chi connectivity index (χ0n) is 10.0. The minimum Gasteiger partial charge on any atom is -0.368 e. The van der Waals surface area contributed by atoms with Crippen LogP contribution in [-0.4, -0.2) is 47.1 Å². The van der Waals surface area contributed by atoms with E-state index in [0.29, 0.717) is 12.0 Å². The molecule has 0 aromatic carbocycles. The molecule has 2 aliphatic rings. The molecule has 1 aromatic heterocycles. The van der Waals surface area contributed by atoms with Crippen molar-refractivity contribution in [3.05, 3.63) is 12.3 Å². The number of hydrogen-bond acceptors (Lipinski definition) is 5. The summed E-state index contributed by atoms with van der Waals surface area (Å²) in [6.07, 6.45) is 5.61. The first-order chi connectivity index (χ1) is 8.33. The predicted molar refractivity (Wildman–Crippen MR) is 67.9 cm³/mol. The van der Waals surface area contributed by atoms with Crippen molar-refractivity contribution in [2.24, 2.45) is 0 Å². The highest BCUT2D eigenvalue weighted by Gasteiger charge is 2.29. The van der Waals surface area contributed by atoms with Gasteiger partial charge in [0, 0.05) is 31.9 Å². The number of anilines is 2. The predicted octanol–water partition coefficient (Wildman–Crippen LogP) is 0.733. The Balaban J connectivity index is 1.78. The van der Waals surface area contributed by atoms with Crippen LogP contribution in [0.4, 0.5) is 11.8 Å². The van der Waals surface area contributed by atoms with Gasteiger partial charge in [0.1, 0.15) is 5.82 Å². The SMILES string of the molecule is Nc1nccc(N2CCCN3CCCC3C2)n1. The summed E-state index contributed by atoms with van der Waals surface area (Å²) in [5.41, 5.74) is 5.65. The molecule has 5 heteroatoms. The van der Waals surface area contributed by atoms with Gasteiger partial charge in [-0.25, -0.2) is 4.98 Å². The van der Waals surface area contributed by atoms with E-state index in [1.54, 1.807) is 6.20 Å². The molecule has 1 atom stereocenters. The van der Waals surface area contributed by atoms with E-state index < -0.39 is 0 Å². The molecule has 0 saturated carbocycles. The van der Waals surface area contributed by atoms with Crippen LogP contribution in [0.1, 0.15) is 19.3 Å². The van der Waals surface area contributed by atoms with Crippen LogP contribution in [0.2, 0.25) is 0 Å².